The highest BCUT2D eigenvalue weighted by molar-refractivity contribution is 5.76. The zero-order valence-electron chi connectivity index (χ0n) is 16.7. The van der Waals surface area contributed by atoms with Crippen LogP contribution in [-0.4, -0.2) is 78.4 Å². The van der Waals surface area contributed by atoms with Crippen LogP contribution in [0, 0.1) is 5.41 Å². The summed E-state index contributed by atoms with van der Waals surface area (Å²) in [5, 5.41) is 5.99. The summed E-state index contributed by atoms with van der Waals surface area (Å²) in [6.07, 6.45) is 0.372. The zero-order valence-corrected chi connectivity index (χ0v) is 16.7. The first-order chi connectivity index (χ1) is 11.9. The van der Waals surface area contributed by atoms with Crippen LogP contribution in [0.5, 0.6) is 0 Å². The molecule has 0 saturated carbocycles. The van der Waals surface area contributed by atoms with E-state index in [4.69, 9.17) is 18.9 Å². The van der Waals surface area contributed by atoms with Gasteiger partial charge in [-0.15, -0.1) is 0 Å². The molecule has 1 amide bonds. The Morgan fingerprint density at radius 2 is 1.28 bits per heavy atom. The Bertz CT molecular complexity index is 321. The molecule has 0 fully saturated rings. The Labute approximate surface area is 153 Å². The molecule has 1 atom stereocenters. The van der Waals surface area contributed by atoms with Crippen molar-refractivity contribution in [2.75, 3.05) is 66.4 Å². The van der Waals surface area contributed by atoms with E-state index in [9.17, 15) is 4.79 Å². The van der Waals surface area contributed by atoms with Crippen molar-refractivity contribution in [2.45, 2.75) is 40.2 Å². The van der Waals surface area contributed by atoms with Gasteiger partial charge in [-0.2, -0.15) is 0 Å². The number of hydrogen-bond donors (Lipinski definition) is 2. The van der Waals surface area contributed by atoms with Crippen molar-refractivity contribution in [2.24, 2.45) is 5.41 Å². The first kappa shape index (κ1) is 24.3. The molecule has 0 radical (unpaired) electrons. The molecular formula is C18H38N2O5. The molecule has 150 valence electrons. The molecular weight excluding hydrogens is 324 g/mol. The highest BCUT2D eigenvalue weighted by Gasteiger charge is 2.21. The molecule has 7 nitrogen and oxygen atoms in total. The number of carbonyl (C=O) groups is 1. The van der Waals surface area contributed by atoms with Gasteiger partial charge < -0.3 is 29.6 Å². The predicted molar refractivity (Wildman–Crippen MR) is 98.9 cm³/mol. The molecule has 0 aliphatic rings. The normalized spacial score (nSPS) is 13.0. The quantitative estimate of drug-likeness (QED) is 0.402. The van der Waals surface area contributed by atoms with Crippen LogP contribution in [0.3, 0.4) is 0 Å². The third-order valence-corrected chi connectivity index (χ3v) is 3.76. The number of amides is 1. The average Bonchev–Trinajstić information content (AvgIpc) is 2.54. The molecule has 0 aromatic heterocycles. The lowest BCUT2D eigenvalue weighted by atomic mass is 9.88. The van der Waals surface area contributed by atoms with Gasteiger partial charge >= 0.3 is 0 Å². The van der Waals surface area contributed by atoms with Crippen LogP contribution in [0.25, 0.3) is 0 Å². The van der Waals surface area contributed by atoms with Crippen LogP contribution in [0.1, 0.15) is 34.1 Å². The Hall–Kier alpha value is -0.730. The smallest absolute Gasteiger partial charge is 0.222 e. The van der Waals surface area contributed by atoms with E-state index in [0.29, 0.717) is 59.3 Å². The molecule has 1 unspecified atom stereocenters. The van der Waals surface area contributed by atoms with E-state index in [0.717, 1.165) is 6.54 Å². The maximum Gasteiger partial charge on any atom is 0.222 e. The van der Waals surface area contributed by atoms with Gasteiger partial charge in [-0.25, -0.2) is 0 Å². The SMILES string of the molecule is CNCCOCCOCCOCCOCCC(=O)NC(C)C(C)(C)C. The highest BCUT2D eigenvalue weighted by atomic mass is 16.6. The number of hydrogen-bond acceptors (Lipinski definition) is 6. The molecule has 0 aromatic carbocycles. The second-order valence-electron chi connectivity index (χ2n) is 6.96. The summed E-state index contributed by atoms with van der Waals surface area (Å²) >= 11 is 0. The van der Waals surface area contributed by atoms with E-state index in [1.54, 1.807) is 0 Å². The van der Waals surface area contributed by atoms with Gasteiger partial charge in [0.2, 0.25) is 5.91 Å². The third kappa shape index (κ3) is 16.5. The van der Waals surface area contributed by atoms with E-state index >= 15 is 0 Å². The molecule has 0 saturated heterocycles. The lowest BCUT2D eigenvalue weighted by Crippen LogP contribution is -2.41. The molecule has 0 bridgehead atoms. The molecule has 0 aliphatic heterocycles. The first-order valence-electron chi connectivity index (χ1n) is 9.13. The standard InChI is InChI=1S/C18H38N2O5/c1-16(18(2,3)4)20-17(21)6-8-22-10-12-24-14-15-25-13-11-23-9-7-19-5/h16,19H,6-15H2,1-5H3,(H,20,21). The molecule has 0 spiro atoms. The Kier molecular flexibility index (Phi) is 15.1. The Morgan fingerprint density at radius 1 is 0.840 bits per heavy atom. The van der Waals surface area contributed by atoms with Crippen molar-refractivity contribution in [1.82, 2.24) is 10.6 Å². The summed E-state index contributed by atoms with van der Waals surface area (Å²) < 4.78 is 21.5. The average molecular weight is 363 g/mol. The molecule has 25 heavy (non-hydrogen) atoms. The topological polar surface area (TPSA) is 78.1 Å². The van der Waals surface area contributed by atoms with Gasteiger partial charge in [0.15, 0.2) is 0 Å². The number of rotatable bonds is 16. The summed E-state index contributed by atoms with van der Waals surface area (Å²) in [5.41, 5.74) is 0.0608. The summed E-state index contributed by atoms with van der Waals surface area (Å²) in [5.74, 6) is 0.0219. The fourth-order valence-electron chi connectivity index (χ4n) is 1.63. The van der Waals surface area contributed by atoms with Gasteiger partial charge in [-0.05, 0) is 19.4 Å². The zero-order chi connectivity index (χ0) is 19.0. The van der Waals surface area contributed by atoms with E-state index < -0.39 is 0 Å². The maximum absolute atomic E-state index is 11.8. The van der Waals surface area contributed by atoms with Crippen molar-refractivity contribution in [1.29, 1.82) is 0 Å². The van der Waals surface area contributed by atoms with Crippen molar-refractivity contribution < 1.29 is 23.7 Å². The summed E-state index contributed by atoms with van der Waals surface area (Å²) in [7, 11) is 1.89. The van der Waals surface area contributed by atoms with Crippen LogP contribution >= 0.6 is 0 Å². The number of carbonyl (C=O) groups excluding carboxylic acids is 1. The maximum atomic E-state index is 11.8. The minimum atomic E-state index is 0.0219. The fraction of sp³-hybridized carbons (Fsp3) is 0.944. The van der Waals surface area contributed by atoms with Crippen molar-refractivity contribution in [3.8, 4) is 0 Å². The predicted octanol–water partition coefficient (Wildman–Crippen LogP) is 1.21. The third-order valence-electron chi connectivity index (χ3n) is 3.76. The van der Waals surface area contributed by atoms with Gasteiger partial charge in [0.05, 0.1) is 52.9 Å². The highest BCUT2D eigenvalue weighted by Crippen LogP contribution is 2.18. The van der Waals surface area contributed by atoms with Crippen molar-refractivity contribution in [3.63, 3.8) is 0 Å². The van der Waals surface area contributed by atoms with Gasteiger partial charge in [-0.3, -0.25) is 4.79 Å². The molecule has 2 N–H and O–H groups in total. The molecule has 0 rings (SSSR count). The largest absolute Gasteiger partial charge is 0.379 e. The van der Waals surface area contributed by atoms with Crippen LogP contribution in [0.2, 0.25) is 0 Å². The van der Waals surface area contributed by atoms with E-state index in [1.807, 2.05) is 14.0 Å². The molecule has 0 aromatic rings. The summed E-state index contributed by atoms with van der Waals surface area (Å²) in [6.45, 7) is 13.5. The van der Waals surface area contributed by atoms with E-state index in [1.165, 1.54) is 0 Å². The summed E-state index contributed by atoms with van der Waals surface area (Å²) in [6, 6.07) is 0.136. The number of nitrogens with one attached hydrogen (secondary N) is 2. The van der Waals surface area contributed by atoms with E-state index in [2.05, 4.69) is 31.4 Å². The molecule has 7 heteroatoms. The number of likely N-dealkylation sites (N-methyl/N-ethyl adjacent to an activating group) is 1. The van der Waals surface area contributed by atoms with Gasteiger partial charge in [-0.1, -0.05) is 20.8 Å². The molecule has 0 heterocycles. The van der Waals surface area contributed by atoms with Gasteiger partial charge in [0, 0.05) is 19.0 Å². The monoisotopic (exact) mass is 362 g/mol. The molecule has 0 aliphatic carbocycles. The van der Waals surface area contributed by atoms with Crippen LogP contribution < -0.4 is 10.6 Å². The van der Waals surface area contributed by atoms with Gasteiger partial charge in [0.25, 0.3) is 0 Å². The Balaban J connectivity index is 3.27. The Morgan fingerprint density at radius 3 is 1.72 bits per heavy atom. The minimum Gasteiger partial charge on any atom is -0.379 e. The first-order valence-corrected chi connectivity index (χ1v) is 9.13. The van der Waals surface area contributed by atoms with E-state index in [-0.39, 0.29) is 17.4 Å². The van der Waals surface area contributed by atoms with Crippen LogP contribution in [0.4, 0.5) is 0 Å². The van der Waals surface area contributed by atoms with Gasteiger partial charge in [0.1, 0.15) is 0 Å². The lowest BCUT2D eigenvalue weighted by Gasteiger charge is -2.28. The lowest BCUT2D eigenvalue weighted by molar-refractivity contribution is -0.123. The second-order valence-corrected chi connectivity index (χ2v) is 6.96. The van der Waals surface area contributed by atoms with Crippen molar-refractivity contribution >= 4 is 5.91 Å². The fourth-order valence-corrected chi connectivity index (χ4v) is 1.63. The van der Waals surface area contributed by atoms with Crippen LogP contribution in [0.15, 0.2) is 0 Å². The minimum absolute atomic E-state index is 0.0219. The number of ether oxygens (including phenoxy) is 4. The van der Waals surface area contributed by atoms with Crippen molar-refractivity contribution in [3.05, 3.63) is 0 Å². The van der Waals surface area contributed by atoms with Crippen LogP contribution in [-0.2, 0) is 23.7 Å². The summed E-state index contributed by atoms with van der Waals surface area (Å²) in [4.78, 5) is 11.8. The second kappa shape index (κ2) is 15.5.